The number of hydrogen-bond donors (Lipinski definition) is 2. The summed E-state index contributed by atoms with van der Waals surface area (Å²) in [6, 6.07) is 8.81. The van der Waals surface area contributed by atoms with E-state index in [-0.39, 0.29) is 0 Å². The fraction of sp³-hybridized carbons (Fsp3) is 0.533. The number of nitrogens with one attached hydrogen (secondary N) is 2. The van der Waals surface area contributed by atoms with E-state index in [1.807, 2.05) is 24.3 Å². The quantitative estimate of drug-likeness (QED) is 0.888. The Labute approximate surface area is 120 Å². The van der Waals surface area contributed by atoms with Gasteiger partial charge in [-0.3, -0.25) is 5.32 Å². The predicted octanol–water partition coefficient (Wildman–Crippen LogP) is 2.76. The fourth-order valence-corrected chi connectivity index (χ4v) is 2.47. The van der Waals surface area contributed by atoms with Crippen molar-refractivity contribution in [2.45, 2.75) is 32.4 Å². The van der Waals surface area contributed by atoms with Gasteiger partial charge < -0.3 is 15.0 Å². The highest BCUT2D eigenvalue weighted by atomic mass is 16.5. The maximum atomic E-state index is 11.3. The largest absolute Gasteiger partial charge is 0.450 e. The lowest BCUT2D eigenvalue weighted by Gasteiger charge is -2.14. The Balaban J connectivity index is 1.87. The minimum Gasteiger partial charge on any atom is -0.450 e. The number of carbonyl (C=O) groups is 1. The summed E-state index contributed by atoms with van der Waals surface area (Å²) in [5.41, 5.74) is 1.82. The van der Waals surface area contributed by atoms with E-state index in [9.17, 15) is 4.79 Å². The van der Waals surface area contributed by atoms with Crippen molar-refractivity contribution in [2.24, 2.45) is 0 Å². The van der Waals surface area contributed by atoms with Crippen LogP contribution in [0.3, 0.4) is 0 Å². The van der Waals surface area contributed by atoms with Gasteiger partial charge in [0.05, 0.1) is 6.61 Å². The van der Waals surface area contributed by atoms with Crippen molar-refractivity contribution in [2.75, 3.05) is 30.8 Å². The molecule has 110 valence electrons. The number of ether oxygens (including phenoxy) is 1. The topological polar surface area (TPSA) is 53.6 Å². The van der Waals surface area contributed by atoms with Crippen LogP contribution in [0.4, 0.5) is 16.2 Å². The van der Waals surface area contributed by atoms with Gasteiger partial charge in [0.25, 0.3) is 0 Å². The highest BCUT2D eigenvalue weighted by Crippen LogP contribution is 2.20. The summed E-state index contributed by atoms with van der Waals surface area (Å²) in [7, 11) is 2.15. The lowest BCUT2D eigenvalue weighted by atomic mass is 10.2. The first-order chi connectivity index (χ1) is 9.58. The summed E-state index contributed by atoms with van der Waals surface area (Å²) < 4.78 is 4.84. The molecule has 5 heteroatoms. The van der Waals surface area contributed by atoms with Gasteiger partial charge in [-0.1, -0.05) is 0 Å². The van der Waals surface area contributed by atoms with E-state index in [2.05, 4.69) is 29.5 Å². The SMILES string of the molecule is CCOC(=O)Nc1ccc(NC2CC(C)N(C)C2)cc1. The second-order valence-corrected chi connectivity index (χ2v) is 5.29. The monoisotopic (exact) mass is 277 g/mol. The Morgan fingerprint density at radius 2 is 2.00 bits per heavy atom. The number of hydrogen-bond acceptors (Lipinski definition) is 4. The van der Waals surface area contributed by atoms with Gasteiger partial charge in [0.2, 0.25) is 0 Å². The maximum Gasteiger partial charge on any atom is 0.411 e. The number of anilines is 2. The van der Waals surface area contributed by atoms with Crippen molar-refractivity contribution < 1.29 is 9.53 Å². The van der Waals surface area contributed by atoms with Crippen LogP contribution in [0.1, 0.15) is 20.3 Å². The molecule has 0 aromatic heterocycles. The zero-order chi connectivity index (χ0) is 14.5. The molecule has 1 amide bonds. The van der Waals surface area contributed by atoms with Crippen LogP contribution in [0.5, 0.6) is 0 Å². The number of amides is 1. The molecule has 2 atom stereocenters. The first-order valence-corrected chi connectivity index (χ1v) is 7.09. The highest BCUT2D eigenvalue weighted by Gasteiger charge is 2.25. The first kappa shape index (κ1) is 14.7. The third-order valence-electron chi connectivity index (χ3n) is 3.66. The molecule has 0 bridgehead atoms. The molecule has 20 heavy (non-hydrogen) atoms. The molecule has 1 aromatic rings. The second kappa shape index (κ2) is 6.61. The minimum absolute atomic E-state index is 0.374. The average Bonchev–Trinajstić information content (AvgIpc) is 2.71. The summed E-state index contributed by atoms with van der Waals surface area (Å²) >= 11 is 0. The van der Waals surface area contributed by atoms with Gasteiger partial charge in [-0.05, 0) is 51.6 Å². The van der Waals surface area contributed by atoms with E-state index in [4.69, 9.17) is 4.74 Å². The Bertz CT molecular complexity index is 437. The normalized spacial score (nSPS) is 22.6. The molecule has 0 aliphatic carbocycles. The Hall–Kier alpha value is -1.75. The van der Waals surface area contributed by atoms with Crippen LogP contribution in [-0.4, -0.2) is 43.3 Å². The molecule has 0 radical (unpaired) electrons. The summed E-state index contributed by atoms with van der Waals surface area (Å²) in [6.45, 7) is 5.46. The van der Waals surface area contributed by atoms with Gasteiger partial charge in [-0.2, -0.15) is 0 Å². The Morgan fingerprint density at radius 1 is 1.35 bits per heavy atom. The van der Waals surface area contributed by atoms with Crippen molar-refractivity contribution in [3.05, 3.63) is 24.3 Å². The zero-order valence-electron chi connectivity index (χ0n) is 12.3. The van der Waals surface area contributed by atoms with E-state index in [1.165, 1.54) is 0 Å². The molecule has 5 nitrogen and oxygen atoms in total. The summed E-state index contributed by atoms with van der Waals surface area (Å²) in [6.07, 6.45) is 0.735. The maximum absolute atomic E-state index is 11.3. The van der Waals surface area contributed by atoms with Crippen LogP contribution in [0.2, 0.25) is 0 Å². The first-order valence-electron chi connectivity index (χ1n) is 7.09. The highest BCUT2D eigenvalue weighted by molar-refractivity contribution is 5.84. The van der Waals surface area contributed by atoms with Crippen LogP contribution in [0.25, 0.3) is 0 Å². The molecule has 1 aromatic carbocycles. The third kappa shape index (κ3) is 3.87. The van der Waals surface area contributed by atoms with E-state index in [0.29, 0.717) is 18.7 Å². The van der Waals surface area contributed by atoms with Crippen LogP contribution in [0.15, 0.2) is 24.3 Å². The summed E-state index contributed by atoms with van der Waals surface area (Å²) in [5, 5.41) is 6.20. The molecule has 1 aliphatic heterocycles. The smallest absolute Gasteiger partial charge is 0.411 e. The van der Waals surface area contributed by atoms with Crippen LogP contribution in [0, 0.1) is 0 Å². The number of likely N-dealkylation sites (tertiary alicyclic amines) is 1. The van der Waals surface area contributed by atoms with Gasteiger partial charge in [-0.15, -0.1) is 0 Å². The molecule has 0 saturated carbocycles. The molecule has 2 rings (SSSR count). The van der Waals surface area contributed by atoms with Crippen molar-refractivity contribution >= 4 is 17.5 Å². The average molecular weight is 277 g/mol. The van der Waals surface area contributed by atoms with Gasteiger partial charge in [0.15, 0.2) is 0 Å². The molecular weight excluding hydrogens is 254 g/mol. The lowest BCUT2D eigenvalue weighted by molar-refractivity contribution is 0.168. The van der Waals surface area contributed by atoms with Gasteiger partial charge in [0.1, 0.15) is 0 Å². The zero-order valence-corrected chi connectivity index (χ0v) is 12.3. The van der Waals surface area contributed by atoms with Crippen LogP contribution >= 0.6 is 0 Å². The van der Waals surface area contributed by atoms with E-state index < -0.39 is 6.09 Å². The van der Waals surface area contributed by atoms with E-state index in [0.717, 1.165) is 24.3 Å². The van der Waals surface area contributed by atoms with Crippen LogP contribution in [-0.2, 0) is 4.74 Å². The standard InChI is InChI=1S/C15H23N3O2/c1-4-20-15(19)17-13-7-5-12(6-8-13)16-14-9-11(2)18(3)10-14/h5-8,11,14,16H,4,9-10H2,1-3H3,(H,17,19). The van der Waals surface area contributed by atoms with Gasteiger partial charge >= 0.3 is 6.09 Å². The molecule has 1 saturated heterocycles. The molecule has 1 fully saturated rings. The number of rotatable bonds is 4. The van der Waals surface area contributed by atoms with Crippen molar-refractivity contribution in [3.8, 4) is 0 Å². The van der Waals surface area contributed by atoms with Crippen molar-refractivity contribution in [1.29, 1.82) is 0 Å². The predicted molar refractivity (Wildman–Crippen MR) is 81.2 cm³/mol. The molecule has 2 N–H and O–H groups in total. The Morgan fingerprint density at radius 3 is 2.55 bits per heavy atom. The molecule has 0 spiro atoms. The van der Waals surface area contributed by atoms with Crippen molar-refractivity contribution in [3.63, 3.8) is 0 Å². The Kier molecular flexibility index (Phi) is 4.84. The number of benzene rings is 1. The summed E-state index contributed by atoms with van der Waals surface area (Å²) in [4.78, 5) is 13.6. The summed E-state index contributed by atoms with van der Waals surface area (Å²) in [5.74, 6) is 0. The number of carbonyl (C=O) groups excluding carboxylic acids is 1. The third-order valence-corrected chi connectivity index (χ3v) is 3.66. The second-order valence-electron chi connectivity index (χ2n) is 5.29. The van der Waals surface area contributed by atoms with Gasteiger partial charge in [0, 0.05) is 30.0 Å². The minimum atomic E-state index is -0.417. The van der Waals surface area contributed by atoms with Crippen molar-refractivity contribution in [1.82, 2.24) is 4.90 Å². The fourth-order valence-electron chi connectivity index (χ4n) is 2.47. The number of nitrogens with zero attached hydrogens (tertiary/aromatic N) is 1. The van der Waals surface area contributed by atoms with E-state index >= 15 is 0 Å². The van der Waals surface area contributed by atoms with Crippen LogP contribution < -0.4 is 10.6 Å². The molecule has 2 unspecified atom stereocenters. The lowest BCUT2D eigenvalue weighted by Crippen LogP contribution is -2.24. The van der Waals surface area contributed by atoms with Gasteiger partial charge in [-0.25, -0.2) is 4.79 Å². The number of likely N-dealkylation sites (N-methyl/N-ethyl adjacent to an activating group) is 1. The molecule has 1 aliphatic rings. The molecule has 1 heterocycles. The van der Waals surface area contributed by atoms with E-state index in [1.54, 1.807) is 6.92 Å². The molecular formula is C15H23N3O2.